The molecule has 3 aliphatic rings. The minimum atomic E-state index is -3.48. The molecule has 6 nitrogen and oxygen atoms in total. The third-order valence-electron chi connectivity index (χ3n) is 9.65. The molecule has 224 valence electrons. The van der Waals surface area contributed by atoms with Gasteiger partial charge in [0.05, 0.1) is 12.2 Å². The Balaban J connectivity index is 1.44. The van der Waals surface area contributed by atoms with Crippen LogP contribution in [0.5, 0.6) is 0 Å². The predicted molar refractivity (Wildman–Crippen MR) is 158 cm³/mol. The molecular weight excluding hydrogens is 568 g/mol. The van der Waals surface area contributed by atoms with E-state index in [0.29, 0.717) is 56.2 Å². The molecule has 10 heteroatoms. The van der Waals surface area contributed by atoms with Crippen molar-refractivity contribution in [1.29, 1.82) is 0 Å². The zero-order valence-electron chi connectivity index (χ0n) is 24.7. The second kappa shape index (κ2) is 10.6. The van der Waals surface area contributed by atoms with Gasteiger partial charge in [0.2, 0.25) is 15.9 Å². The van der Waals surface area contributed by atoms with Crippen molar-refractivity contribution in [1.82, 2.24) is 14.1 Å². The molecule has 1 spiro atoms. The van der Waals surface area contributed by atoms with Gasteiger partial charge >= 0.3 is 0 Å². The van der Waals surface area contributed by atoms with Crippen molar-refractivity contribution in [3.05, 3.63) is 69.2 Å². The van der Waals surface area contributed by atoms with Crippen LogP contribution < -0.4 is 0 Å². The van der Waals surface area contributed by atoms with Gasteiger partial charge in [-0.25, -0.2) is 17.2 Å². The van der Waals surface area contributed by atoms with Gasteiger partial charge in [-0.05, 0) is 81.8 Å². The number of hydrogen-bond donors (Lipinski definition) is 0. The highest BCUT2D eigenvalue weighted by atomic mass is 35.5. The van der Waals surface area contributed by atoms with E-state index in [0.717, 1.165) is 22.8 Å². The maximum atomic E-state index is 15.0. The van der Waals surface area contributed by atoms with Crippen molar-refractivity contribution in [3.63, 3.8) is 0 Å². The molecule has 2 aromatic rings. The molecule has 3 atom stereocenters. The summed E-state index contributed by atoms with van der Waals surface area (Å²) in [6, 6.07) is 7.28. The number of rotatable bonds is 3. The summed E-state index contributed by atoms with van der Waals surface area (Å²) in [5.74, 6) is -2.14. The third-order valence-corrected chi connectivity index (χ3v) is 11.4. The van der Waals surface area contributed by atoms with Gasteiger partial charge in [0.25, 0.3) is 0 Å². The molecular formula is C31H40ClF2N3O3S. The highest BCUT2D eigenvalue weighted by molar-refractivity contribution is 7.88. The van der Waals surface area contributed by atoms with Gasteiger partial charge in [-0.3, -0.25) is 9.69 Å². The van der Waals surface area contributed by atoms with Crippen LogP contribution in [0.25, 0.3) is 0 Å². The lowest BCUT2D eigenvalue weighted by molar-refractivity contribution is -0.137. The number of piperidine rings is 1. The number of likely N-dealkylation sites (tertiary alicyclic amines) is 2. The fourth-order valence-electron chi connectivity index (χ4n) is 7.12. The van der Waals surface area contributed by atoms with Crippen molar-refractivity contribution in [2.45, 2.75) is 70.4 Å². The average molecular weight is 608 g/mol. The van der Waals surface area contributed by atoms with Gasteiger partial charge in [-0.2, -0.15) is 4.31 Å². The highest BCUT2D eigenvalue weighted by Gasteiger charge is 2.49. The number of halogens is 3. The zero-order valence-corrected chi connectivity index (χ0v) is 26.2. The number of carbonyl (C=O) groups excluding carboxylic acids is 1. The van der Waals surface area contributed by atoms with E-state index in [4.69, 9.17) is 11.6 Å². The molecule has 0 bridgehead atoms. The standard InChI is InChI=1S/C31H40ClF2N3O3S/c1-19-13-26-23(15-27(19)32)20(2)37(41(6,39)40)18-31(26)9-11-35(12-10-31)29(38)25-17-36(30(3,4)5)16-24(25)22-8-7-21(33)14-28(22)34/h7-8,13-15,20,24-25H,9-12,16-18H2,1-6H3/t20?,24-,25+/m0/s1. The van der Waals surface area contributed by atoms with Gasteiger partial charge in [0.1, 0.15) is 11.6 Å². The minimum absolute atomic E-state index is 0.0306. The number of hydrogen-bond acceptors (Lipinski definition) is 4. The maximum absolute atomic E-state index is 15.0. The van der Waals surface area contributed by atoms with E-state index in [2.05, 4.69) is 31.7 Å². The van der Waals surface area contributed by atoms with Crippen LogP contribution in [-0.4, -0.2) is 72.9 Å². The Morgan fingerprint density at radius 3 is 2.29 bits per heavy atom. The van der Waals surface area contributed by atoms with Gasteiger partial charge in [0, 0.05) is 66.7 Å². The van der Waals surface area contributed by atoms with Crippen LogP contribution in [0.1, 0.15) is 74.8 Å². The summed E-state index contributed by atoms with van der Waals surface area (Å²) in [6.07, 6.45) is 2.46. The molecule has 2 saturated heterocycles. The van der Waals surface area contributed by atoms with E-state index >= 15 is 0 Å². The predicted octanol–water partition coefficient (Wildman–Crippen LogP) is 5.64. The smallest absolute Gasteiger partial charge is 0.227 e. The summed E-state index contributed by atoms with van der Waals surface area (Å²) in [5.41, 5.74) is 2.70. The number of benzene rings is 2. The first-order valence-corrected chi connectivity index (χ1v) is 16.5. The molecule has 41 heavy (non-hydrogen) atoms. The normalized spacial score (nSPS) is 25.5. The first-order chi connectivity index (χ1) is 19.0. The zero-order chi connectivity index (χ0) is 30.1. The summed E-state index contributed by atoms with van der Waals surface area (Å²) in [4.78, 5) is 18.2. The lowest BCUT2D eigenvalue weighted by Crippen LogP contribution is -2.55. The summed E-state index contributed by atoms with van der Waals surface area (Å²) in [7, 11) is -3.48. The minimum Gasteiger partial charge on any atom is -0.342 e. The summed E-state index contributed by atoms with van der Waals surface area (Å²) < 4.78 is 55.9. The first kappa shape index (κ1) is 30.4. The second-order valence-corrected chi connectivity index (χ2v) is 15.6. The van der Waals surface area contributed by atoms with Crippen LogP contribution in [0.2, 0.25) is 5.02 Å². The van der Waals surface area contributed by atoms with Gasteiger partial charge in [-0.15, -0.1) is 0 Å². The van der Waals surface area contributed by atoms with E-state index in [1.54, 1.807) is 4.31 Å². The van der Waals surface area contributed by atoms with E-state index < -0.39 is 33.0 Å². The number of nitrogens with zero attached hydrogens (tertiary/aromatic N) is 3. The molecule has 3 heterocycles. The fraction of sp³-hybridized carbons (Fsp3) is 0.581. The average Bonchev–Trinajstić information content (AvgIpc) is 3.33. The Bertz CT molecular complexity index is 1470. The fourth-order valence-corrected chi connectivity index (χ4v) is 8.46. The molecule has 0 aromatic heterocycles. The Labute approximate surface area is 247 Å². The van der Waals surface area contributed by atoms with Crippen LogP contribution in [0, 0.1) is 24.5 Å². The van der Waals surface area contributed by atoms with Crippen molar-refractivity contribution in [3.8, 4) is 0 Å². The van der Waals surface area contributed by atoms with Crippen LogP contribution in [0.4, 0.5) is 8.78 Å². The molecule has 2 aromatic carbocycles. The van der Waals surface area contributed by atoms with Crippen molar-refractivity contribution < 1.29 is 22.0 Å². The van der Waals surface area contributed by atoms with E-state index in [-0.39, 0.29) is 23.4 Å². The van der Waals surface area contributed by atoms with Crippen molar-refractivity contribution >= 4 is 27.5 Å². The molecule has 5 rings (SSSR count). The quantitative estimate of drug-likeness (QED) is 0.453. The van der Waals surface area contributed by atoms with E-state index in [9.17, 15) is 22.0 Å². The SMILES string of the molecule is Cc1cc2c(cc1Cl)C(C)N(S(C)(=O)=O)CC21CCN(C(=O)[C@@H]2CN(C(C)(C)C)C[C@H]2c2ccc(F)cc2F)CC1. The molecule has 0 radical (unpaired) electrons. The summed E-state index contributed by atoms with van der Waals surface area (Å²) in [6.45, 7) is 12.4. The number of aryl methyl sites for hydroxylation is 1. The molecule has 0 N–H and O–H groups in total. The Morgan fingerprint density at radius 1 is 1.05 bits per heavy atom. The van der Waals surface area contributed by atoms with Crippen LogP contribution >= 0.6 is 11.6 Å². The first-order valence-electron chi connectivity index (χ1n) is 14.3. The molecule has 0 aliphatic carbocycles. The van der Waals surface area contributed by atoms with Crippen molar-refractivity contribution in [2.24, 2.45) is 5.92 Å². The van der Waals surface area contributed by atoms with Gasteiger partial charge < -0.3 is 4.90 Å². The molecule has 1 amide bonds. The molecule has 1 unspecified atom stereocenters. The Kier molecular flexibility index (Phi) is 7.84. The van der Waals surface area contributed by atoms with Crippen LogP contribution in [0.3, 0.4) is 0 Å². The largest absolute Gasteiger partial charge is 0.342 e. The number of sulfonamides is 1. The Hall–Kier alpha value is -2.07. The highest BCUT2D eigenvalue weighted by Crippen LogP contribution is 2.48. The van der Waals surface area contributed by atoms with Gasteiger partial charge in [0.15, 0.2) is 0 Å². The monoisotopic (exact) mass is 607 g/mol. The number of amides is 1. The van der Waals surface area contributed by atoms with E-state index in [1.165, 1.54) is 18.4 Å². The topological polar surface area (TPSA) is 60.9 Å². The Morgan fingerprint density at radius 2 is 1.71 bits per heavy atom. The lowest BCUT2D eigenvalue weighted by Gasteiger charge is -2.50. The summed E-state index contributed by atoms with van der Waals surface area (Å²) in [5, 5.41) is 0.609. The molecule has 2 fully saturated rings. The number of fused-ring (bicyclic) bond motifs is 2. The third kappa shape index (κ3) is 5.55. The second-order valence-electron chi connectivity index (χ2n) is 13.2. The number of carbonyl (C=O) groups is 1. The van der Waals surface area contributed by atoms with E-state index in [1.807, 2.05) is 24.8 Å². The maximum Gasteiger partial charge on any atom is 0.227 e. The molecule has 0 saturated carbocycles. The van der Waals surface area contributed by atoms with Gasteiger partial charge in [-0.1, -0.05) is 23.7 Å². The van der Waals surface area contributed by atoms with Crippen LogP contribution in [0.15, 0.2) is 30.3 Å². The molecule has 3 aliphatic heterocycles. The lowest BCUT2D eigenvalue weighted by atomic mass is 9.67. The summed E-state index contributed by atoms with van der Waals surface area (Å²) >= 11 is 6.49. The van der Waals surface area contributed by atoms with Crippen molar-refractivity contribution in [2.75, 3.05) is 39.0 Å². The van der Waals surface area contributed by atoms with Crippen LogP contribution in [-0.2, 0) is 20.2 Å².